The number of hydrogen-bond donors (Lipinski definition) is 1. The Morgan fingerprint density at radius 2 is 1.89 bits per heavy atom. The maximum Gasteiger partial charge on any atom is 0.301 e. The van der Waals surface area contributed by atoms with E-state index in [0.717, 1.165) is 4.70 Å². The Balaban J connectivity index is 1.69. The fourth-order valence-electron chi connectivity index (χ4n) is 4.27. The smallest absolute Gasteiger partial charge is 0.301 e. The molecule has 1 saturated heterocycles. The van der Waals surface area contributed by atoms with E-state index in [1.807, 2.05) is 13.0 Å². The summed E-state index contributed by atoms with van der Waals surface area (Å²) in [5.74, 6) is -0.517. The van der Waals surface area contributed by atoms with Crippen LogP contribution in [0.2, 0.25) is 0 Å². The molecule has 0 radical (unpaired) electrons. The molecule has 1 aliphatic rings. The number of aromatic nitrogens is 2. The largest absolute Gasteiger partial charge is 0.507 e. The average Bonchev–Trinajstić information content (AvgIpc) is 3.46. The highest BCUT2D eigenvalue weighted by atomic mass is 32.1. The molecule has 1 unspecified atom stereocenters. The Labute approximate surface area is 216 Å². The number of amides is 1. The van der Waals surface area contributed by atoms with E-state index in [2.05, 4.69) is 9.97 Å². The number of rotatable bonds is 7. The molecule has 0 aliphatic carbocycles. The van der Waals surface area contributed by atoms with Crippen LogP contribution in [-0.2, 0) is 9.59 Å². The van der Waals surface area contributed by atoms with Crippen LogP contribution in [0.3, 0.4) is 0 Å². The van der Waals surface area contributed by atoms with Crippen LogP contribution in [-0.4, -0.2) is 47.6 Å². The van der Waals surface area contributed by atoms with Gasteiger partial charge in [-0.1, -0.05) is 17.4 Å². The van der Waals surface area contributed by atoms with E-state index in [-0.39, 0.29) is 22.6 Å². The summed E-state index contributed by atoms with van der Waals surface area (Å²) in [6.45, 7) is 2.41. The minimum Gasteiger partial charge on any atom is -0.507 e. The SMILES string of the molecule is CCOc1ccc2nc(N3C(=O)C(=O)/C(=C(/O)c4ccc(OC)cc4OC)C3c3cccnc3)sc2c1. The molecule has 1 aliphatic heterocycles. The first-order valence-electron chi connectivity index (χ1n) is 11.4. The van der Waals surface area contributed by atoms with E-state index in [1.165, 1.54) is 30.5 Å². The van der Waals surface area contributed by atoms with Gasteiger partial charge in [0.1, 0.15) is 23.0 Å². The first-order valence-corrected chi connectivity index (χ1v) is 12.2. The van der Waals surface area contributed by atoms with Crippen molar-refractivity contribution in [3.05, 3.63) is 77.6 Å². The molecule has 2 aromatic heterocycles. The predicted molar refractivity (Wildman–Crippen MR) is 139 cm³/mol. The number of ketones is 1. The number of thiazole rings is 1. The first kappa shape index (κ1) is 24.3. The summed E-state index contributed by atoms with van der Waals surface area (Å²) >= 11 is 1.26. The lowest BCUT2D eigenvalue weighted by Crippen LogP contribution is -2.29. The van der Waals surface area contributed by atoms with Gasteiger partial charge in [-0.05, 0) is 48.9 Å². The zero-order chi connectivity index (χ0) is 26.1. The van der Waals surface area contributed by atoms with Crippen LogP contribution >= 0.6 is 11.3 Å². The summed E-state index contributed by atoms with van der Waals surface area (Å²) in [6.07, 6.45) is 3.15. The van der Waals surface area contributed by atoms with Crippen LogP contribution in [0.4, 0.5) is 5.13 Å². The topological polar surface area (TPSA) is 111 Å². The number of hydrogen-bond acceptors (Lipinski definition) is 9. The molecule has 1 atom stereocenters. The maximum absolute atomic E-state index is 13.4. The third kappa shape index (κ3) is 4.25. The molecule has 0 saturated carbocycles. The van der Waals surface area contributed by atoms with Crippen LogP contribution in [0.5, 0.6) is 17.2 Å². The average molecular weight is 518 g/mol. The van der Waals surface area contributed by atoms with Crippen molar-refractivity contribution >= 4 is 44.1 Å². The predicted octanol–water partition coefficient (Wildman–Crippen LogP) is 4.73. The van der Waals surface area contributed by atoms with Crippen LogP contribution < -0.4 is 19.1 Å². The van der Waals surface area contributed by atoms with Gasteiger partial charge in [-0.2, -0.15) is 0 Å². The lowest BCUT2D eigenvalue weighted by Gasteiger charge is -2.22. The third-order valence-corrected chi connectivity index (χ3v) is 6.99. The normalized spacial score (nSPS) is 16.8. The lowest BCUT2D eigenvalue weighted by atomic mass is 9.96. The molecule has 1 amide bonds. The number of aliphatic hydroxyl groups excluding tert-OH is 1. The van der Waals surface area contributed by atoms with Gasteiger partial charge in [-0.25, -0.2) is 4.98 Å². The van der Waals surface area contributed by atoms with Crippen molar-refractivity contribution in [1.29, 1.82) is 0 Å². The number of methoxy groups -OCH3 is 2. The summed E-state index contributed by atoms with van der Waals surface area (Å²) in [5, 5.41) is 11.7. The summed E-state index contributed by atoms with van der Waals surface area (Å²) in [6, 6.07) is 12.8. The molecule has 2 aromatic carbocycles. The zero-order valence-corrected chi connectivity index (χ0v) is 21.1. The Kier molecular flexibility index (Phi) is 6.49. The highest BCUT2D eigenvalue weighted by Gasteiger charge is 2.48. The molecule has 9 nitrogen and oxygen atoms in total. The summed E-state index contributed by atoms with van der Waals surface area (Å²) in [5.41, 5.74) is 1.37. The van der Waals surface area contributed by atoms with Crippen molar-refractivity contribution in [2.24, 2.45) is 0 Å². The standard InChI is InChI=1S/C27H23N3O6S/c1-4-36-17-8-10-19-21(13-17)37-27(29-19)30-23(15-6-5-11-28-14-15)22(25(32)26(30)33)24(31)18-9-7-16(34-2)12-20(18)35-3/h5-14,23,31H,4H2,1-3H3/b24-22+. The second-order valence-electron chi connectivity index (χ2n) is 8.08. The minimum absolute atomic E-state index is 0.0873. The molecule has 37 heavy (non-hydrogen) atoms. The van der Waals surface area contributed by atoms with Crippen molar-refractivity contribution < 1.29 is 28.9 Å². The van der Waals surface area contributed by atoms with Crippen LogP contribution in [0.1, 0.15) is 24.1 Å². The summed E-state index contributed by atoms with van der Waals surface area (Å²) in [7, 11) is 2.96. The Bertz CT molecular complexity index is 1530. The number of ether oxygens (including phenoxy) is 3. The summed E-state index contributed by atoms with van der Waals surface area (Å²) in [4.78, 5) is 37.0. The van der Waals surface area contributed by atoms with Crippen molar-refractivity contribution in [2.45, 2.75) is 13.0 Å². The van der Waals surface area contributed by atoms with Gasteiger partial charge in [0.2, 0.25) is 0 Å². The van der Waals surface area contributed by atoms with E-state index >= 15 is 0 Å². The molecule has 0 bridgehead atoms. The van der Waals surface area contributed by atoms with Gasteiger partial charge in [0.25, 0.3) is 5.78 Å². The number of fused-ring (bicyclic) bond motifs is 1. The highest BCUT2D eigenvalue weighted by molar-refractivity contribution is 7.22. The number of benzene rings is 2. The number of pyridine rings is 1. The number of carbonyl (C=O) groups excluding carboxylic acids is 2. The molecule has 188 valence electrons. The van der Waals surface area contributed by atoms with E-state index in [1.54, 1.807) is 54.9 Å². The Morgan fingerprint density at radius 1 is 1.08 bits per heavy atom. The van der Waals surface area contributed by atoms with Gasteiger partial charge in [0, 0.05) is 18.5 Å². The Morgan fingerprint density at radius 3 is 2.59 bits per heavy atom. The van der Waals surface area contributed by atoms with Crippen LogP contribution in [0.25, 0.3) is 16.0 Å². The zero-order valence-electron chi connectivity index (χ0n) is 20.3. The molecule has 3 heterocycles. The quantitative estimate of drug-likeness (QED) is 0.213. The molecule has 1 fully saturated rings. The fourth-order valence-corrected chi connectivity index (χ4v) is 5.30. The number of nitrogens with zero attached hydrogens (tertiary/aromatic N) is 3. The monoisotopic (exact) mass is 517 g/mol. The van der Waals surface area contributed by atoms with Gasteiger partial charge >= 0.3 is 5.91 Å². The van der Waals surface area contributed by atoms with E-state index in [0.29, 0.717) is 34.3 Å². The number of aliphatic hydroxyl groups is 1. The first-order chi connectivity index (χ1) is 18.0. The number of carbonyl (C=O) groups is 2. The van der Waals surface area contributed by atoms with Crippen LogP contribution in [0.15, 0.2) is 66.5 Å². The molecule has 0 spiro atoms. The van der Waals surface area contributed by atoms with Crippen molar-refractivity contribution in [1.82, 2.24) is 9.97 Å². The second kappa shape index (κ2) is 9.90. The molecule has 1 N–H and O–H groups in total. The third-order valence-electron chi connectivity index (χ3n) is 5.97. The van der Waals surface area contributed by atoms with Crippen molar-refractivity contribution in [3.63, 3.8) is 0 Å². The van der Waals surface area contributed by atoms with Crippen LogP contribution in [0, 0.1) is 0 Å². The molecule has 5 rings (SSSR count). The second-order valence-corrected chi connectivity index (χ2v) is 9.09. The fraction of sp³-hybridized carbons (Fsp3) is 0.185. The number of Topliss-reactive ketones (excluding diaryl/α,β-unsaturated/α-hetero) is 1. The molecule has 4 aromatic rings. The molecule has 10 heteroatoms. The van der Waals surface area contributed by atoms with E-state index in [9.17, 15) is 14.7 Å². The Hall–Kier alpha value is -4.44. The highest BCUT2D eigenvalue weighted by Crippen LogP contribution is 2.45. The number of anilines is 1. The van der Waals surface area contributed by atoms with Gasteiger partial charge in [-0.3, -0.25) is 19.5 Å². The van der Waals surface area contributed by atoms with Crippen molar-refractivity contribution in [3.8, 4) is 17.2 Å². The van der Waals surface area contributed by atoms with Gasteiger partial charge in [0.15, 0.2) is 5.13 Å². The molecular weight excluding hydrogens is 494 g/mol. The van der Waals surface area contributed by atoms with Crippen molar-refractivity contribution in [2.75, 3.05) is 25.7 Å². The summed E-state index contributed by atoms with van der Waals surface area (Å²) < 4.78 is 17.1. The minimum atomic E-state index is -0.951. The van der Waals surface area contributed by atoms with Gasteiger partial charge in [-0.15, -0.1) is 0 Å². The van der Waals surface area contributed by atoms with Gasteiger partial charge < -0.3 is 19.3 Å². The van der Waals surface area contributed by atoms with Gasteiger partial charge in [0.05, 0.1) is 48.2 Å². The van der Waals surface area contributed by atoms with E-state index < -0.39 is 17.7 Å². The lowest BCUT2D eigenvalue weighted by molar-refractivity contribution is -0.132. The molecular formula is C27H23N3O6S. The van der Waals surface area contributed by atoms with E-state index in [4.69, 9.17) is 14.2 Å². The maximum atomic E-state index is 13.4.